The van der Waals surface area contributed by atoms with Crippen LogP contribution in [-0.4, -0.2) is 11.9 Å². The van der Waals surface area contributed by atoms with E-state index in [-0.39, 0.29) is 11.9 Å². The van der Waals surface area contributed by atoms with Gasteiger partial charge in [-0.3, -0.25) is 4.79 Å². The number of nitrogens with one attached hydrogen (secondary N) is 1. The van der Waals surface area contributed by atoms with Crippen LogP contribution in [-0.2, 0) is 4.79 Å². The molecular formula is C11H14N2O. The fraction of sp³-hybridized carbons (Fsp3) is 0.636. The first-order valence-corrected chi connectivity index (χ1v) is 5.14. The Bertz CT molecular complexity index is 310. The molecule has 1 N–H and O–H groups in total. The molecule has 1 saturated carbocycles. The van der Waals surface area contributed by atoms with E-state index >= 15 is 0 Å². The van der Waals surface area contributed by atoms with Crippen molar-refractivity contribution in [3.63, 3.8) is 0 Å². The average Bonchev–Trinajstić information content (AvgIpc) is 3.00. The Kier molecular flexibility index (Phi) is 2.28. The van der Waals surface area contributed by atoms with Gasteiger partial charge in [0, 0.05) is 6.04 Å². The minimum atomic E-state index is -0.666. The second kappa shape index (κ2) is 3.45. The lowest BCUT2D eigenvalue weighted by Gasteiger charge is -2.20. The summed E-state index contributed by atoms with van der Waals surface area (Å²) in [4.78, 5) is 11.7. The van der Waals surface area contributed by atoms with Gasteiger partial charge in [-0.15, -0.1) is 0 Å². The topological polar surface area (TPSA) is 52.9 Å². The summed E-state index contributed by atoms with van der Waals surface area (Å²) < 4.78 is 0. The number of hydrogen-bond acceptors (Lipinski definition) is 2. The van der Waals surface area contributed by atoms with Crippen LogP contribution < -0.4 is 5.32 Å². The van der Waals surface area contributed by atoms with Gasteiger partial charge >= 0.3 is 0 Å². The Balaban J connectivity index is 1.89. The molecule has 1 unspecified atom stereocenters. The molecule has 74 valence electrons. The highest BCUT2D eigenvalue weighted by atomic mass is 16.2. The highest BCUT2D eigenvalue weighted by Gasteiger charge is 2.50. The molecule has 0 aliphatic heterocycles. The van der Waals surface area contributed by atoms with Crippen molar-refractivity contribution in [2.75, 3.05) is 0 Å². The minimum Gasteiger partial charge on any atom is -0.352 e. The highest BCUT2D eigenvalue weighted by Crippen LogP contribution is 2.45. The molecule has 1 fully saturated rings. The van der Waals surface area contributed by atoms with Crippen LogP contribution in [0.3, 0.4) is 0 Å². The Labute approximate surface area is 83.8 Å². The molecular weight excluding hydrogens is 176 g/mol. The Hall–Kier alpha value is -1.30. The molecule has 0 aromatic rings. The van der Waals surface area contributed by atoms with Gasteiger partial charge < -0.3 is 5.32 Å². The number of hydrogen-bond donors (Lipinski definition) is 1. The Morgan fingerprint density at radius 3 is 2.79 bits per heavy atom. The summed E-state index contributed by atoms with van der Waals surface area (Å²) in [5.41, 5.74) is -0.666. The van der Waals surface area contributed by atoms with Crippen molar-refractivity contribution in [2.45, 2.75) is 38.1 Å². The van der Waals surface area contributed by atoms with Crippen molar-refractivity contribution in [2.24, 2.45) is 5.41 Å². The number of carbonyl (C=O) groups is 1. The van der Waals surface area contributed by atoms with Gasteiger partial charge in [0.05, 0.1) is 6.07 Å². The SMILES string of the molecule is N#CC1(C(=O)NC2CC=CCC2)CC1. The van der Waals surface area contributed by atoms with E-state index in [4.69, 9.17) is 5.26 Å². The van der Waals surface area contributed by atoms with Crippen molar-refractivity contribution < 1.29 is 4.79 Å². The minimum absolute atomic E-state index is 0.0553. The molecule has 3 heteroatoms. The van der Waals surface area contributed by atoms with Crippen molar-refractivity contribution in [3.05, 3.63) is 12.2 Å². The van der Waals surface area contributed by atoms with E-state index in [0.29, 0.717) is 0 Å². The second-order valence-electron chi connectivity index (χ2n) is 4.15. The maximum Gasteiger partial charge on any atom is 0.240 e. The third-order valence-corrected chi connectivity index (χ3v) is 3.00. The van der Waals surface area contributed by atoms with Crippen molar-refractivity contribution >= 4 is 5.91 Å². The molecule has 1 atom stereocenters. The molecule has 0 heterocycles. The van der Waals surface area contributed by atoms with Gasteiger partial charge in [0.25, 0.3) is 0 Å². The lowest BCUT2D eigenvalue weighted by atomic mass is 10.0. The smallest absolute Gasteiger partial charge is 0.240 e. The Morgan fingerprint density at radius 2 is 2.29 bits per heavy atom. The number of carbonyl (C=O) groups excluding carboxylic acids is 1. The molecule has 1 amide bonds. The predicted molar refractivity (Wildman–Crippen MR) is 52.2 cm³/mol. The van der Waals surface area contributed by atoms with Gasteiger partial charge in [-0.2, -0.15) is 5.26 Å². The molecule has 0 radical (unpaired) electrons. The van der Waals surface area contributed by atoms with Crippen LogP contribution in [0.5, 0.6) is 0 Å². The third-order valence-electron chi connectivity index (χ3n) is 3.00. The molecule has 0 aromatic heterocycles. The quantitative estimate of drug-likeness (QED) is 0.671. The molecule has 2 aliphatic rings. The van der Waals surface area contributed by atoms with Gasteiger partial charge in [0.2, 0.25) is 5.91 Å². The summed E-state index contributed by atoms with van der Waals surface area (Å²) in [7, 11) is 0. The van der Waals surface area contributed by atoms with Gasteiger partial charge in [-0.05, 0) is 32.1 Å². The van der Waals surface area contributed by atoms with Crippen LogP contribution in [0.25, 0.3) is 0 Å². The third kappa shape index (κ3) is 1.65. The van der Waals surface area contributed by atoms with Crippen LogP contribution in [0.15, 0.2) is 12.2 Å². The fourth-order valence-corrected chi connectivity index (χ4v) is 1.76. The summed E-state index contributed by atoms with van der Waals surface area (Å²) in [6, 6.07) is 2.36. The normalized spacial score (nSPS) is 27.8. The molecule has 0 aromatic carbocycles. The summed E-state index contributed by atoms with van der Waals surface area (Å²) in [6.45, 7) is 0. The monoisotopic (exact) mass is 190 g/mol. The van der Waals surface area contributed by atoms with Crippen molar-refractivity contribution in [1.82, 2.24) is 5.32 Å². The van der Waals surface area contributed by atoms with E-state index in [9.17, 15) is 4.79 Å². The molecule has 0 saturated heterocycles. The summed E-state index contributed by atoms with van der Waals surface area (Å²) in [6.07, 6.45) is 8.65. The number of nitrogens with zero attached hydrogens (tertiary/aromatic N) is 1. The zero-order valence-electron chi connectivity index (χ0n) is 8.12. The van der Waals surface area contributed by atoms with Crippen LogP contribution in [0.2, 0.25) is 0 Å². The molecule has 14 heavy (non-hydrogen) atoms. The molecule has 3 nitrogen and oxygen atoms in total. The van der Waals surface area contributed by atoms with E-state index < -0.39 is 5.41 Å². The van der Waals surface area contributed by atoms with Crippen LogP contribution in [0, 0.1) is 16.7 Å². The largest absolute Gasteiger partial charge is 0.352 e. The Morgan fingerprint density at radius 1 is 1.50 bits per heavy atom. The van der Waals surface area contributed by atoms with E-state index in [1.165, 1.54) is 0 Å². The first-order chi connectivity index (χ1) is 6.77. The lowest BCUT2D eigenvalue weighted by Crippen LogP contribution is -2.39. The average molecular weight is 190 g/mol. The van der Waals surface area contributed by atoms with Crippen LogP contribution in [0.4, 0.5) is 0 Å². The van der Waals surface area contributed by atoms with Gasteiger partial charge in [-0.25, -0.2) is 0 Å². The molecule has 0 spiro atoms. The maximum atomic E-state index is 11.7. The van der Waals surface area contributed by atoms with Crippen LogP contribution >= 0.6 is 0 Å². The van der Waals surface area contributed by atoms with Gasteiger partial charge in [-0.1, -0.05) is 12.2 Å². The summed E-state index contributed by atoms with van der Waals surface area (Å²) >= 11 is 0. The van der Waals surface area contributed by atoms with Crippen LogP contribution in [0.1, 0.15) is 32.1 Å². The van der Waals surface area contributed by atoms with E-state index in [2.05, 4.69) is 23.5 Å². The van der Waals surface area contributed by atoms with Gasteiger partial charge in [0.15, 0.2) is 0 Å². The predicted octanol–water partition coefficient (Wildman–Crippen LogP) is 1.52. The standard InChI is InChI=1S/C11H14N2O/c12-8-11(6-7-11)10(14)13-9-4-2-1-3-5-9/h1-2,9H,3-7H2,(H,13,14). The first-order valence-electron chi connectivity index (χ1n) is 5.14. The number of allylic oxidation sites excluding steroid dienone is 1. The summed E-state index contributed by atoms with van der Waals surface area (Å²) in [5, 5.41) is 11.8. The highest BCUT2D eigenvalue weighted by molar-refractivity contribution is 5.88. The number of rotatable bonds is 2. The second-order valence-corrected chi connectivity index (χ2v) is 4.15. The number of nitriles is 1. The first kappa shape index (κ1) is 9.26. The summed E-state index contributed by atoms with van der Waals surface area (Å²) in [5.74, 6) is -0.0553. The molecule has 2 aliphatic carbocycles. The van der Waals surface area contributed by atoms with E-state index in [1.807, 2.05) is 0 Å². The lowest BCUT2D eigenvalue weighted by molar-refractivity contribution is -0.125. The molecule has 0 bridgehead atoms. The van der Waals surface area contributed by atoms with E-state index in [1.54, 1.807) is 0 Å². The zero-order valence-corrected chi connectivity index (χ0v) is 8.12. The maximum absolute atomic E-state index is 11.7. The zero-order chi connectivity index (χ0) is 10.0. The fourth-order valence-electron chi connectivity index (χ4n) is 1.76. The number of amides is 1. The van der Waals surface area contributed by atoms with Gasteiger partial charge in [0.1, 0.15) is 5.41 Å². The van der Waals surface area contributed by atoms with E-state index in [0.717, 1.165) is 32.1 Å². The molecule has 2 rings (SSSR count). The van der Waals surface area contributed by atoms with Crippen molar-refractivity contribution in [3.8, 4) is 6.07 Å². The van der Waals surface area contributed by atoms with Crippen molar-refractivity contribution in [1.29, 1.82) is 5.26 Å².